The predicted octanol–water partition coefficient (Wildman–Crippen LogP) is 15.1. The van der Waals surface area contributed by atoms with Gasteiger partial charge in [0.2, 0.25) is 0 Å². The summed E-state index contributed by atoms with van der Waals surface area (Å²) in [7, 11) is 0. The number of fused-ring (bicyclic) bond motifs is 7. The van der Waals surface area contributed by atoms with Crippen LogP contribution in [0, 0.1) is 0 Å². The Kier molecular flexibility index (Phi) is 7.17. The lowest BCUT2D eigenvalue weighted by Gasteiger charge is -2.30. The van der Waals surface area contributed by atoms with Gasteiger partial charge in [0.25, 0.3) is 0 Å². The molecule has 0 aliphatic heterocycles. The quantitative estimate of drug-likeness (QED) is 0.173. The van der Waals surface area contributed by atoms with Crippen molar-refractivity contribution in [3.8, 4) is 33.4 Å². The second kappa shape index (κ2) is 12.6. The lowest BCUT2D eigenvalue weighted by molar-refractivity contribution is 0.668. The fourth-order valence-corrected chi connectivity index (χ4v) is 8.47. The Balaban J connectivity index is 1.24. The van der Waals surface area contributed by atoms with E-state index in [1.807, 2.05) is 24.3 Å². The average molecular weight is 704 g/mol. The van der Waals surface area contributed by atoms with Gasteiger partial charge in [-0.1, -0.05) is 152 Å². The van der Waals surface area contributed by atoms with Gasteiger partial charge in [0.1, 0.15) is 22.3 Å². The number of rotatable bonds is 6. The van der Waals surface area contributed by atoms with Crippen molar-refractivity contribution in [2.45, 2.75) is 0 Å². The summed E-state index contributed by atoms with van der Waals surface area (Å²) in [4.78, 5) is 2.42. The normalized spacial score (nSPS) is 11.6. The van der Waals surface area contributed by atoms with E-state index in [0.29, 0.717) is 0 Å². The number of furan rings is 2. The standard InChI is InChI=1S/C52H33NO2/c1-3-15-34(16-4-1)37-31-32-45(39-20-8-7-19-38(37)39)53(36-29-30-41-40-21-9-11-26-47(40)55-50(41)33-36)46-25-13-23-42(51(46)35-17-5-2-6-18-35)43-24-14-28-49-52(43)44-22-10-12-27-48(44)54-49/h1-33H. The maximum Gasteiger partial charge on any atom is 0.137 e. The van der Waals surface area contributed by atoms with E-state index in [4.69, 9.17) is 8.83 Å². The maximum absolute atomic E-state index is 6.53. The van der Waals surface area contributed by atoms with Crippen molar-refractivity contribution in [2.75, 3.05) is 4.90 Å². The summed E-state index contributed by atoms with van der Waals surface area (Å²) in [5.74, 6) is 0. The summed E-state index contributed by atoms with van der Waals surface area (Å²) in [6.45, 7) is 0. The second-order valence-electron chi connectivity index (χ2n) is 14.0. The molecule has 0 aliphatic rings. The second-order valence-corrected chi connectivity index (χ2v) is 14.0. The Morgan fingerprint density at radius 3 is 1.69 bits per heavy atom. The Hall–Kier alpha value is -7.36. The highest BCUT2D eigenvalue weighted by molar-refractivity contribution is 6.15. The van der Waals surface area contributed by atoms with Crippen molar-refractivity contribution in [1.82, 2.24) is 0 Å². The minimum atomic E-state index is 0.848. The Bertz CT molecular complexity index is 3210. The first-order valence-electron chi connectivity index (χ1n) is 18.7. The van der Waals surface area contributed by atoms with Crippen LogP contribution in [0.15, 0.2) is 209 Å². The summed E-state index contributed by atoms with van der Waals surface area (Å²) in [5, 5.41) is 6.77. The first-order chi connectivity index (χ1) is 27.3. The van der Waals surface area contributed by atoms with Crippen LogP contribution in [0.4, 0.5) is 17.1 Å². The number of hydrogen-bond acceptors (Lipinski definition) is 3. The number of nitrogens with zero attached hydrogens (tertiary/aromatic N) is 1. The van der Waals surface area contributed by atoms with E-state index in [1.54, 1.807) is 0 Å². The molecule has 3 nitrogen and oxygen atoms in total. The van der Waals surface area contributed by atoms with Crippen LogP contribution in [0.2, 0.25) is 0 Å². The third-order valence-electron chi connectivity index (χ3n) is 10.9. The molecule has 0 amide bonds. The average Bonchev–Trinajstić information content (AvgIpc) is 3.83. The Morgan fingerprint density at radius 2 is 0.891 bits per heavy atom. The van der Waals surface area contributed by atoms with Crippen LogP contribution < -0.4 is 4.90 Å². The highest BCUT2D eigenvalue weighted by Gasteiger charge is 2.25. The van der Waals surface area contributed by atoms with Gasteiger partial charge in [-0.3, -0.25) is 0 Å². The lowest BCUT2D eigenvalue weighted by Crippen LogP contribution is -2.12. The van der Waals surface area contributed by atoms with Crippen molar-refractivity contribution in [3.05, 3.63) is 200 Å². The van der Waals surface area contributed by atoms with Gasteiger partial charge in [0, 0.05) is 44.2 Å². The van der Waals surface area contributed by atoms with Gasteiger partial charge >= 0.3 is 0 Å². The molecule has 9 aromatic carbocycles. The van der Waals surface area contributed by atoms with Gasteiger partial charge in [-0.15, -0.1) is 0 Å². The molecule has 0 bridgehead atoms. The van der Waals surface area contributed by atoms with Crippen molar-refractivity contribution >= 4 is 71.7 Å². The zero-order chi connectivity index (χ0) is 36.3. The summed E-state index contributed by atoms with van der Waals surface area (Å²) in [6.07, 6.45) is 0. The van der Waals surface area contributed by atoms with E-state index in [1.165, 1.54) is 16.5 Å². The molecular weight excluding hydrogens is 671 g/mol. The van der Waals surface area contributed by atoms with E-state index in [2.05, 4.69) is 181 Å². The third-order valence-corrected chi connectivity index (χ3v) is 10.9. The largest absolute Gasteiger partial charge is 0.456 e. The van der Waals surface area contributed by atoms with Gasteiger partial charge in [-0.2, -0.15) is 0 Å². The summed E-state index contributed by atoms with van der Waals surface area (Å²) < 4.78 is 12.9. The highest BCUT2D eigenvalue weighted by atomic mass is 16.3. The molecule has 0 aliphatic carbocycles. The van der Waals surface area contributed by atoms with Gasteiger partial charge < -0.3 is 13.7 Å². The Labute approximate surface area is 317 Å². The molecule has 0 spiro atoms. The minimum absolute atomic E-state index is 0.848. The highest BCUT2D eigenvalue weighted by Crippen LogP contribution is 2.50. The van der Waals surface area contributed by atoms with E-state index < -0.39 is 0 Å². The van der Waals surface area contributed by atoms with Gasteiger partial charge in [-0.05, 0) is 75.7 Å². The molecule has 0 saturated carbocycles. The minimum Gasteiger partial charge on any atom is -0.456 e. The van der Waals surface area contributed by atoms with Crippen molar-refractivity contribution < 1.29 is 8.83 Å². The molecule has 3 heteroatoms. The molecule has 2 heterocycles. The number of anilines is 3. The molecule has 0 atom stereocenters. The molecule has 0 saturated heterocycles. The molecule has 0 radical (unpaired) electrons. The molecule has 2 aromatic heterocycles. The molecule has 11 rings (SSSR count). The van der Waals surface area contributed by atoms with Gasteiger partial charge in [0.05, 0.1) is 11.4 Å². The topological polar surface area (TPSA) is 29.5 Å². The van der Waals surface area contributed by atoms with Crippen LogP contribution in [-0.4, -0.2) is 0 Å². The molecular formula is C52H33NO2. The molecule has 11 aromatic rings. The fraction of sp³-hybridized carbons (Fsp3) is 0. The van der Waals surface area contributed by atoms with Crippen LogP contribution in [0.3, 0.4) is 0 Å². The zero-order valence-electron chi connectivity index (χ0n) is 29.8. The van der Waals surface area contributed by atoms with Crippen LogP contribution in [0.5, 0.6) is 0 Å². The zero-order valence-corrected chi connectivity index (χ0v) is 29.8. The molecule has 0 N–H and O–H groups in total. The fourth-order valence-electron chi connectivity index (χ4n) is 8.47. The smallest absolute Gasteiger partial charge is 0.137 e. The first-order valence-corrected chi connectivity index (χ1v) is 18.7. The Morgan fingerprint density at radius 1 is 0.309 bits per heavy atom. The monoisotopic (exact) mass is 703 g/mol. The van der Waals surface area contributed by atoms with Crippen LogP contribution >= 0.6 is 0 Å². The molecule has 0 fully saturated rings. The van der Waals surface area contributed by atoms with E-state index in [0.717, 1.165) is 88.6 Å². The third kappa shape index (κ3) is 5.05. The SMILES string of the molecule is c1ccc(-c2c(-c3cccc4oc5ccccc5c34)cccc2N(c2ccc3c(c2)oc2ccccc23)c2ccc(-c3ccccc3)c3ccccc23)cc1. The van der Waals surface area contributed by atoms with Crippen molar-refractivity contribution in [1.29, 1.82) is 0 Å². The van der Waals surface area contributed by atoms with Crippen molar-refractivity contribution in [2.24, 2.45) is 0 Å². The number of hydrogen-bond donors (Lipinski definition) is 0. The predicted molar refractivity (Wildman–Crippen MR) is 229 cm³/mol. The van der Waals surface area contributed by atoms with Crippen LogP contribution in [0.1, 0.15) is 0 Å². The molecule has 55 heavy (non-hydrogen) atoms. The van der Waals surface area contributed by atoms with E-state index in [9.17, 15) is 0 Å². The van der Waals surface area contributed by atoms with Crippen LogP contribution in [0.25, 0.3) is 88.0 Å². The summed E-state index contributed by atoms with van der Waals surface area (Å²) in [5.41, 5.74) is 13.5. The maximum atomic E-state index is 6.53. The van der Waals surface area contributed by atoms with Gasteiger partial charge in [0.15, 0.2) is 0 Å². The van der Waals surface area contributed by atoms with Gasteiger partial charge in [-0.25, -0.2) is 0 Å². The summed E-state index contributed by atoms with van der Waals surface area (Å²) >= 11 is 0. The van der Waals surface area contributed by atoms with E-state index >= 15 is 0 Å². The van der Waals surface area contributed by atoms with E-state index in [-0.39, 0.29) is 0 Å². The van der Waals surface area contributed by atoms with Crippen molar-refractivity contribution in [3.63, 3.8) is 0 Å². The van der Waals surface area contributed by atoms with Crippen LogP contribution in [-0.2, 0) is 0 Å². The lowest BCUT2D eigenvalue weighted by atomic mass is 9.89. The summed E-state index contributed by atoms with van der Waals surface area (Å²) in [6, 6.07) is 71.0. The molecule has 0 unspecified atom stereocenters. The number of benzene rings is 9. The molecule has 258 valence electrons. The number of para-hydroxylation sites is 2. The first kappa shape index (κ1) is 31.2.